The van der Waals surface area contributed by atoms with E-state index in [1.165, 1.54) is 10.4 Å². The molecular weight excluding hydrogens is 454 g/mol. The lowest BCUT2D eigenvalue weighted by atomic mass is 10.1. The number of nitrogens with one attached hydrogen (secondary N) is 2. The summed E-state index contributed by atoms with van der Waals surface area (Å²) in [6, 6.07) is 7.31. The van der Waals surface area contributed by atoms with Gasteiger partial charge in [0.2, 0.25) is 15.9 Å². The molecule has 0 bridgehead atoms. The lowest BCUT2D eigenvalue weighted by Crippen LogP contribution is -2.43. The molecule has 2 aromatic rings. The molecule has 32 heavy (non-hydrogen) atoms. The molecule has 2 aromatic carbocycles. The highest BCUT2D eigenvalue weighted by atomic mass is 35.5. The zero-order chi connectivity index (χ0) is 23.2. The highest BCUT2D eigenvalue weighted by molar-refractivity contribution is 7.89. The molecule has 2 aliphatic heterocycles. The molecule has 1 fully saturated rings. The zero-order valence-electron chi connectivity index (χ0n) is 17.9. The summed E-state index contributed by atoms with van der Waals surface area (Å²) in [4.78, 5) is 24.9. The lowest BCUT2D eigenvalue weighted by Gasteiger charge is -2.27. The Labute approximate surface area is 191 Å². The van der Waals surface area contributed by atoms with Crippen LogP contribution in [-0.2, 0) is 19.6 Å². The van der Waals surface area contributed by atoms with Crippen molar-refractivity contribution in [2.24, 2.45) is 0 Å². The van der Waals surface area contributed by atoms with Crippen molar-refractivity contribution in [1.29, 1.82) is 0 Å². The number of amides is 2. The zero-order valence-corrected chi connectivity index (χ0v) is 19.5. The molecule has 10 heteroatoms. The van der Waals surface area contributed by atoms with E-state index in [1.807, 2.05) is 6.92 Å². The van der Waals surface area contributed by atoms with E-state index >= 15 is 0 Å². The molecule has 0 unspecified atom stereocenters. The fourth-order valence-electron chi connectivity index (χ4n) is 3.98. The summed E-state index contributed by atoms with van der Waals surface area (Å²) >= 11 is 6.04. The van der Waals surface area contributed by atoms with Crippen molar-refractivity contribution in [1.82, 2.24) is 4.31 Å². The number of fused-ring (bicyclic) bond motifs is 1. The van der Waals surface area contributed by atoms with Gasteiger partial charge in [-0.05, 0) is 62.9 Å². The van der Waals surface area contributed by atoms with Crippen molar-refractivity contribution in [3.63, 3.8) is 0 Å². The quantitative estimate of drug-likeness (QED) is 0.701. The molecule has 2 aliphatic rings. The smallest absolute Gasteiger partial charge is 0.265 e. The van der Waals surface area contributed by atoms with Gasteiger partial charge in [0.05, 0.1) is 10.6 Å². The number of hydrogen-bond donors (Lipinski definition) is 2. The standard InChI is InChI=1S/C22H24ClN3O5S/c1-12-6-7-15(23)10-16(12)24-22(28)18-5-4-8-26(18)32(29,30)20-11-19-17(9-13(20)2)25-21(27)14(3)31-19/h6-7,9-11,14,18H,4-5,8H2,1-3H3,(H,24,28)(H,25,27)/t14-,18-/m0/s1. The van der Waals surface area contributed by atoms with Gasteiger partial charge in [-0.3, -0.25) is 9.59 Å². The average Bonchev–Trinajstić information content (AvgIpc) is 3.22. The van der Waals surface area contributed by atoms with Crippen LogP contribution in [-0.4, -0.2) is 43.2 Å². The maximum Gasteiger partial charge on any atom is 0.265 e. The number of hydrogen-bond acceptors (Lipinski definition) is 5. The van der Waals surface area contributed by atoms with E-state index in [2.05, 4.69) is 10.6 Å². The number of sulfonamides is 1. The molecule has 4 rings (SSSR count). The number of aryl methyl sites for hydroxylation is 2. The molecular formula is C22H24ClN3O5S. The fraction of sp³-hybridized carbons (Fsp3) is 0.364. The third-order valence-electron chi connectivity index (χ3n) is 5.76. The van der Waals surface area contributed by atoms with E-state index in [0.29, 0.717) is 34.8 Å². The van der Waals surface area contributed by atoms with E-state index in [4.69, 9.17) is 16.3 Å². The first-order chi connectivity index (χ1) is 15.1. The first kappa shape index (κ1) is 22.6. The van der Waals surface area contributed by atoms with Crippen molar-refractivity contribution < 1.29 is 22.7 Å². The fourth-order valence-corrected chi connectivity index (χ4v) is 6.03. The van der Waals surface area contributed by atoms with E-state index < -0.39 is 28.1 Å². The molecule has 170 valence electrons. The number of nitrogens with zero attached hydrogens (tertiary/aromatic N) is 1. The first-order valence-corrected chi connectivity index (χ1v) is 12.1. The Hall–Kier alpha value is -2.62. The maximum absolute atomic E-state index is 13.6. The molecule has 8 nitrogen and oxygen atoms in total. The predicted molar refractivity (Wildman–Crippen MR) is 122 cm³/mol. The normalized spacial score (nSPS) is 20.9. The van der Waals surface area contributed by atoms with Crippen LogP contribution in [0, 0.1) is 13.8 Å². The summed E-state index contributed by atoms with van der Waals surface area (Å²) in [5.74, 6) is -0.402. The Morgan fingerprint density at radius 3 is 2.72 bits per heavy atom. The van der Waals surface area contributed by atoms with E-state index in [1.54, 1.807) is 38.1 Å². The van der Waals surface area contributed by atoms with Crippen molar-refractivity contribution in [2.45, 2.75) is 50.7 Å². The molecule has 2 amide bonds. The van der Waals surface area contributed by atoms with Gasteiger partial charge in [0, 0.05) is 23.3 Å². The predicted octanol–water partition coefficient (Wildman–Crippen LogP) is 3.47. The Kier molecular flexibility index (Phi) is 5.91. The number of anilines is 2. The van der Waals surface area contributed by atoms with Crippen molar-refractivity contribution in [3.05, 3.63) is 46.5 Å². The van der Waals surface area contributed by atoms with Gasteiger partial charge in [-0.15, -0.1) is 0 Å². The minimum Gasteiger partial charge on any atom is -0.479 e. The lowest BCUT2D eigenvalue weighted by molar-refractivity contribution is -0.122. The number of ether oxygens (including phenoxy) is 1. The number of rotatable bonds is 4. The second-order valence-electron chi connectivity index (χ2n) is 8.09. The van der Waals surface area contributed by atoms with Gasteiger partial charge in [0.15, 0.2) is 6.10 Å². The molecule has 0 aromatic heterocycles. The minimum absolute atomic E-state index is 0.0539. The van der Waals surface area contributed by atoms with Crippen LogP contribution < -0.4 is 15.4 Å². The molecule has 2 N–H and O–H groups in total. The van der Waals surface area contributed by atoms with Crippen LogP contribution >= 0.6 is 11.6 Å². The van der Waals surface area contributed by atoms with Crippen molar-refractivity contribution in [3.8, 4) is 5.75 Å². The van der Waals surface area contributed by atoms with Gasteiger partial charge in [-0.2, -0.15) is 4.31 Å². The van der Waals surface area contributed by atoms with Crippen LogP contribution in [0.5, 0.6) is 5.75 Å². The molecule has 0 saturated carbocycles. The van der Waals surface area contributed by atoms with Gasteiger partial charge < -0.3 is 15.4 Å². The van der Waals surface area contributed by atoms with Crippen molar-refractivity contribution >= 4 is 44.8 Å². The van der Waals surface area contributed by atoms with Crippen molar-refractivity contribution in [2.75, 3.05) is 17.2 Å². The SMILES string of the molecule is Cc1ccc(Cl)cc1NC(=O)[C@@H]1CCCN1S(=O)(=O)c1cc2c(cc1C)NC(=O)[C@H](C)O2. The molecule has 2 heterocycles. The number of carbonyl (C=O) groups excluding carboxylic acids is 2. The summed E-state index contributed by atoms with van der Waals surface area (Å²) in [6.45, 7) is 5.31. The monoisotopic (exact) mass is 477 g/mol. The van der Waals surface area contributed by atoms with E-state index in [9.17, 15) is 18.0 Å². The summed E-state index contributed by atoms with van der Waals surface area (Å²) in [5, 5.41) is 6.02. The van der Waals surface area contributed by atoms with Crippen LogP contribution in [0.25, 0.3) is 0 Å². The Morgan fingerprint density at radius 2 is 1.97 bits per heavy atom. The van der Waals surface area contributed by atoms with Crippen LogP contribution in [0.3, 0.4) is 0 Å². The largest absolute Gasteiger partial charge is 0.479 e. The first-order valence-electron chi connectivity index (χ1n) is 10.3. The number of benzene rings is 2. The molecule has 1 saturated heterocycles. The third kappa shape index (κ3) is 4.07. The Balaban J connectivity index is 1.63. The number of carbonyl (C=O) groups is 2. The van der Waals surface area contributed by atoms with Crippen LogP contribution in [0.1, 0.15) is 30.9 Å². The second-order valence-corrected chi connectivity index (χ2v) is 10.4. The molecule has 0 spiro atoms. The molecule has 2 atom stereocenters. The topological polar surface area (TPSA) is 105 Å². The summed E-state index contributed by atoms with van der Waals surface area (Å²) in [5.41, 5.74) is 2.26. The van der Waals surface area contributed by atoms with E-state index in [-0.39, 0.29) is 23.1 Å². The van der Waals surface area contributed by atoms with Gasteiger partial charge in [-0.1, -0.05) is 17.7 Å². The van der Waals surface area contributed by atoms with Gasteiger partial charge in [-0.25, -0.2) is 8.42 Å². The summed E-state index contributed by atoms with van der Waals surface area (Å²) < 4.78 is 33.9. The van der Waals surface area contributed by atoms with Crippen LogP contribution in [0.4, 0.5) is 11.4 Å². The van der Waals surface area contributed by atoms with Gasteiger partial charge in [0.1, 0.15) is 11.8 Å². The third-order valence-corrected chi connectivity index (χ3v) is 8.04. The van der Waals surface area contributed by atoms with E-state index in [0.717, 1.165) is 5.56 Å². The minimum atomic E-state index is -3.98. The van der Waals surface area contributed by atoms with Crippen LogP contribution in [0.15, 0.2) is 35.2 Å². The highest BCUT2D eigenvalue weighted by Gasteiger charge is 2.41. The van der Waals surface area contributed by atoms with Gasteiger partial charge in [0.25, 0.3) is 5.91 Å². The highest BCUT2D eigenvalue weighted by Crippen LogP contribution is 2.37. The number of halogens is 1. The Bertz CT molecular complexity index is 1210. The van der Waals surface area contributed by atoms with Crippen LogP contribution in [0.2, 0.25) is 5.02 Å². The van der Waals surface area contributed by atoms with Gasteiger partial charge >= 0.3 is 0 Å². The summed E-state index contributed by atoms with van der Waals surface area (Å²) in [6.07, 6.45) is 0.254. The second kappa shape index (κ2) is 8.38. The molecule has 0 aliphatic carbocycles. The summed E-state index contributed by atoms with van der Waals surface area (Å²) in [7, 11) is -3.98. The average molecular weight is 478 g/mol. The molecule has 0 radical (unpaired) electrons. The Morgan fingerprint density at radius 1 is 1.22 bits per heavy atom. The maximum atomic E-state index is 13.6.